The first-order chi connectivity index (χ1) is 7.74. The first-order valence-corrected chi connectivity index (χ1v) is 6.23. The van der Waals surface area contributed by atoms with Gasteiger partial charge in [-0.3, -0.25) is 4.79 Å². The molecule has 3 aliphatic carbocycles. The zero-order chi connectivity index (χ0) is 10.9. The summed E-state index contributed by atoms with van der Waals surface area (Å²) in [6.45, 7) is 3.55. The van der Waals surface area contributed by atoms with Crippen LogP contribution in [0.25, 0.3) is 0 Å². The van der Waals surface area contributed by atoms with Crippen molar-refractivity contribution in [3.8, 4) is 0 Å². The molecule has 0 aromatic rings. The molecule has 5 atom stereocenters. The van der Waals surface area contributed by atoms with E-state index in [1.54, 1.807) is 0 Å². The van der Waals surface area contributed by atoms with Crippen LogP contribution in [0.4, 0.5) is 0 Å². The summed E-state index contributed by atoms with van der Waals surface area (Å²) in [7, 11) is 0. The number of fused-ring (bicyclic) bond motifs is 3. The van der Waals surface area contributed by atoms with E-state index in [1.807, 2.05) is 0 Å². The minimum absolute atomic E-state index is 0.170. The summed E-state index contributed by atoms with van der Waals surface area (Å²) in [4.78, 5) is 12.1. The molecule has 4 rings (SSSR count). The van der Waals surface area contributed by atoms with Crippen LogP contribution in [-0.2, 0) is 14.3 Å². The Kier molecular flexibility index (Phi) is 1.62. The molecule has 3 heteroatoms. The lowest BCUT2D eigenvalue weighted by Gasteiger charge is -2.30. The number of ketones is 1. The van der Waals surface area contributed by atoms with E-state index in [-0.39, 0.29) is 11.8 Å². The van der Waals surface area contributed by atoms with Gasteiger partial charge >= 0.3 is 0 Å². The maximum Gasteiger partial charge on any atom is 0.181 e. The van der Waals surface area contributed by atoms with E-state index < -0.39 is 5.79 Å². The highest BCUT2D eigenvalue weighted by Gasteiger charge is 2.69. The SMILES string of the molecule is C[C@@H]1CC(=O)[C@H]2[C@@H]1[C@H]1C=C[C@H]2C12OCCO2. The molecular formula is C13H16O3. The van der Waals surface area contributed by atoms with Crippen LogP contribution in [0, 0.1) is 29.6 Å². The van der Waals surface area contributed by atoms with Crippen LogP contribution >= 0.6 is 0 Å². The first-order valence-electron chi connectivity index (χ1n) is 6.23. The van der Waals surface area contributed by atoms with Gasteiger partial charge in [0.15, 0.2) is 5.79 Å². The zero-order valence-electron chi connectivity index (χ0n) is 9.39. The van der Waals surface area contributed by atoms with E-state index >= 15 is 0 Å². The van der Waals surface area contributed by atoms with Gasteiger partial charge in [-0.05, 0) is 11.8 Å². The normalized spacial score (nSPS) is 51.8. The van der Waals surface area contributed by atoms with Gasteiger partial charge in [-0.1, -0.05) is 19.1 Å². The minimum atomic E-state index is -0.459. The summed E-state index contributed by atoms with van der Waals surface area (Å²) < 4.78 is 11.8. The van der Waals surface area contributed by atoms with E-state index in [2.05, 4.69) is 19.1 Å². The molecule has 16 heavy (non-hydrogen) atoms. The number of ether oxygens (including phenoxy) is 2. The molecule has 86 valence electrons. The highest BCUT2D eigenvalue weighted by molar-refractivity contribution is 5.85. The highest BCUT2D eigenvalue weighted by atomic mass is 16.7. The Hall–Kier alpha value is -0.670. The van der Waals surface area contributed by atoms with Crippen molar-refractivity contribution >= 4 is 5.78 Å². The molecule has 3 nitrogen and oxygen atoms in total. The van der Waals surface area contributed by atoms with Crippen LogP contribution in [-0.4, -0.2) is 24.8 Å². The molecule has 2 saturated carbocycles. The van der Waals surface area contributed by atoms with Crippen molar-refractivity contribution in [3.05, 3.63) is 12.2 Å². The number of Topliss-reactive ketones (excluding diaryl/α,β-unsaturated/α-hetero) is 1. The Morgan fingerprint density at radius 1 is 1.25 bits per heavy atom. The second kappa shape index (κ2) is 2.77. The molecule has 0 radical (unpaired) electrons. The fourth-order valence-electron chi connectivity index (χ4n) is 4.50. The van der Waals surface area contributed by atoms with Gasteiger partial charge < -0.3 is 9.47 Å². The molecule has 4 aliphatic rings. The first kappa shape index (κ1) is 9.37. The summed E-state index contributed by atoms with van der Waals surface area (Å²) in [6, 6.07) is 0. The second-order valence-corrected chi connectivity index (χ2v) is 5.61. The molecule has 0 N–H and O–H groups in total. The van der Waals surface area contributed by atoms with E-state index in [1.165, 1.54) is 0 Å². The van der Waals surface area contributed by atoms with Gasteiger partial charge in [0.1, 0.15) is 5.78 Å². The van der Waals surface area contributed by atoms with Crippen LogP contribution in [0.3, 0.4) is 0 Å². The van der Waals surface area contributed by atoms with Crippen molar-refractivity contribution in [2.45, 2.75) is 19.1 Å². The summed E-state index contributed by atoms with van der Waals surface area (Å²) in [5.41, 5.74) is 0. The smallest absolute Gasteiger partial charge is 0.181 e. The predicted molar refractivity (Wildman–Crippen MR) is 56.5 cm³/mol. The van der Waals surface area contributed by atoms with Crippen LogP contribution in [0.2, 0.25) is 0 Å². The lowest BCUT2D eigenvalue weighted by molar-refractivity contribution is -0.190. The van der Waals surface area contributed by atoms with Crippen molar-refractivity contribution in [2.24, 2.45) is 29.6 Å². The van der Waals surface area contributed by atoms with Crippen molar-refractivity contribution < 1.29 is 14.3 Å². The predicted octanol–water partition coefficient (Wildman–Crippen LogP) is 1.39. The third-order valence-corrected chi connectivity index (χ3v) is 4.96. The maximum atomic E-state index is 12.1. The van der Waals surface area contributed by atoms with Crippen molar-refractivity contribution in [3.63, 3.8) is 0 Å². The maximum absolute atomic E-state index is 12.1. The molecule has 0 amide bonds. The summed E-state index contributed by atoms with van der Waals surface area (Å²) in [5, 5.41) is 0. The average molecular weight is 220 g/mol. The molecule has 1 saturated heterocycles. The van der Waals surface area contributed by atoms with Crippen LogP contribution in [0.5, 0.6) is 0 Å². The molecule has 0 unspecified atom stereocenters. The zero-order valence-corrected chi connectivity index (χ0v) is 9.39. The molecule has 1 aliphatic heterocycles. The van der Waals surface area contributed by atoms with E-state index in [0.29, 0.717) is 36.8 Å². The number of carbonyl (C=O) groups excluding carboxylic acids is 1. The summed E-state index contributed by atoms with van der Waals surface area (Å²) >= 11 is 0. The Balaban J connectivity index is 1.81. The molecule has 2 bridgehead atoms. The van der Waals surface area contributed by atoms with Gasteiger partial charge in [-0.15, -0.1) is 0 Å². The van der Waals surface area contributed by atoms with Crippen LogP contribution in [0.1, 0.15) is 13.3 Å². The average Bonchev–Trinajstić information content (AvgIpc) is 2.98. The number of rotatable bonds is 0. The Morgan fingerprint density at radius 2 is 1.94 bits per heavy atom. The van der Waals surface area contributed by atoms with E-state index in [9.17, 15) is 4.79 Å². The van der Waals surface area contributed by atoms with Crippen molar-refractivity contribution in [2.75, 3.05) is 13.2 Å². The lowest BCUT2D eigenvalue weighted by atomic mass is 9.82. The van der Waals surface area contributed by atoms with Gasteiger partial charge in [-0.25, -0.2) is 0 Å². The molecule has 3 fully saturated rings. The molecule has 1 heterocycles. The van der Waals surface area contributed by atoms with E-state index in [4.69, 9.17) is 9.47 Å². The van der Waals surface area contributed by atoms with Crippen LogP contribution < -0.4 is 0 Å². The Bertz CT molecular complexity index is 381. The monoisotopic (exact) mass is 220 g/mol. The van der Waals surface area contributed by atoms with Gasteiger partial charge in [0.2, 0.25) is 0 Å². The highest BCUT2D eigenvalue weighted by Crippen LogP contribution is 2.63. The topological polar surface area (TPSA) is 35.5 Å². The fourth-order valence-corrected chi connectivity index (χ4v) is 4.50. The van der Waals surface area contributed by atoms with Crippen molar-refractivity contribution in [1.29, 1.82) is 0 Å². The largest absolute Gasteiger partial charge is 0.346 e. The molecule has 1 spiro atoms. The third-order valence-electron chi connectivity index (χ3n) is 4.96. The number of hydrogen-bond acceptors (Lipinski definition) is 3. The van der Waals surface area contributed by atoms with Crippen molar-refractivity contribution in [1.82, 2.24) is 0 Å². The molecular weight excluding hydrogens is 204 g/mol. The van der Waals surface area contributed by atoms with Gasteiger partial charge in [-0.2, -0.15) is 0 Å². The van der Waals surface area contributed by atoms with E-state index in [0.717, 1.165) is 6.42 Å². The lowest BCUT2D eigenvalue weighted by Crippen LogP contribution is -2.39. The summed E-state index contributed by atoms with van der Waals surface area (Å²) in [5.74, 6) is 1.58. The molecule has 0 aromatic heterocycles. The quantitative estimate of drug-likeness (QED) is 0.579. The third kappa shape index (κ3) is 0.833. The standard InChI is InChI=1S/C13H16O3/c1-7-6-10(14)12-9-3-2-8(11(7)12)13(9)15-4-5-16-13/h2-3,7-9,11-12H,4-6H2,1H3/t7-,8-,9-,11+,12+/m1/s1. The number of carbonyl (C=O) groups is 1. The fraction of sp³-hybridized carbons (Fsp3) is 0.769. The Morgan fingerprint density at radius 3 is 2.62 bits per heavy atom. The second-order valence-electron chi connectivity index (χ2n) is 5.61. The van der Waals surface area contributed by atoms with Gasteiger partial charge in [0.25, 0.3) is 0 Å². The minimum Gasteiger partial charge on any atom is -0.346 e. The summed E-state index contributed by atoms with van der Waals surface area (Å²) in [6.07, 6.45) is 5.14. The van der Waals surface area contributed by atoms with Crippen LogP contribution in [0.15, 0.2) is 12.2 Å². The number of hydrogen-bond donors (Lipinski definition) is 0. The Labute approximate surface area is 94.8 Å². The van der Waals surface area contributed by atoms with Gasteiger partial charge in [0, 0.05) is 24.2 Å². The molecule has 0 aromatic carbocycles. The van der Waals surface area contributed by atoms with Gasteiger partial charge in [0.05, 0.1) is 13.2 Å².